The molecule has 1 saturated heterocycles. The smallest absolute Gasteiger partial charge is 0.299 e. The minimum absolute atomic E-state index is 0.385. The number of nitrogens with one attached hydrogen (secondary N) is 3. The molecule has 3 unspecified atom stereocenters. The molecule has 1 rings (SSSR count). The number of sulfonamides is 1. The summed E-state index contributed by atoms with van der Waals surface area (Å²) in [6, 6.07) is 0. The fourth-order valence-electron chi connectivity index (χ4n) is 1.74. The largest absolute Gasteiger partial charge is 0.393 e. The first kappa shape index (κ1) is 18.9. The van der Waals surface area contributed by atoms with Crippen LogP contribution in [0, 0.1) is 5.92 Å². The van der Waals surface area contributed by atoms with E-state index in [9.17, 15) is 30.0 Å². The van der Waals surface area contributed by atoms with Gasteiger partial charge in [-0.3, -0.25) is 5.32 Å². The minimum atomic E-state index is -4.39. The molecule has 21 heavy (non-hydrogen) atoms. The molecule has 0 saturated carbocycles. The molecule has 3 atom stereocenters. The molecular weight excluding hydrogens is 359 g/mol. The quantitative estimate of drug-likeness (QED) is 0.444. The van der Waals surface area contributed by atoms with Crippen molar-refractivity contribution in [3.8, 4) is 0 Å². The van der Waals surface area contributed by atoms with Crippen LogP contribution in [0.25, 0.3) is 0 Å². The molecule has 1 aliphatic rings. The van der Waals surface area contributed by atoms with Crippen LogP contribution < -0.4 is 15.6 Å². The summed E-state index contributed by atoms with van der Waals surface area (Å²) in [5, 5.41) is 0.259. The van der Waals surface area contributed by atoms with Crippen LogP contribution in [-0.2, 0) is 19.9 Å². The maximum atomic E-state index is 12.5. The van der Waals surface area contributed by atoms with E-state index < -0.39 is 55.1 Å². The van der Waals surface area contributed by atoms with Gasteiger partial charge in [-0.05, 0) is 6.42 Å². The van der Waals surface area contributed by atoms with E-state index in [-0.39, 0.29) is 6.42 Å². The molecule has 0 aromatic rings. The molecule has 0 amide bonds. The summed E-state index contributed by atoms with van der Waals surface area (Å²) in [5.74, 6) is -1.62. The van der Waals surface area contributed by atoms with Crippen LogP contribution in [0.5, 0.6) is 0 Å². The van der Waals surface area contributed by atoms with Crippen molar-refractivity contribution in [1.29, 1.82) is 0 Å². The van der Waals surface area contributed by atoms with Crippen molar-refractivity contribution in [1.82, 2.24) is 15.6 Å². The van der Waals surface area contributed by atoms with Gasteiger partial charge in [-0.1, -0.05) is 0 Å². The van der Waals surface area contributed by atoms with Gasteiger partial charge in [0, 0.05) is 12.8 Å². The Morgan fingerprint density at radius 2 is 1.86 bits per heavy atom. The highest BCUT2D eigenvalue weighted by molar-refractivity contribution is 8.06. The molecule has 0 radical (unpaired) electrons. The van der Waals surface area contributed by atoms with Crippen LogP contribution in [0.4, 0.5) is 13.2 Å². The van der Waals surface area contributed by atoms with E-state index in [0.717, 1.165) is 6.26 Å². The van der Waals surface area contributed by atoms with Crippen molar-refractivity contribution < 1.29 is 30.0 Å². The molecule has 1 heterocycles. The normalized spacial score (nSPS) is 28.5. The van der Waals surface area contributed by atoms with E-state index in [2.05, 4.69) is 10.7 Å². The first-order chi connectivity index (χ1) is 9.30. The van der Waals surface area contributed by atoms with Gasteiger partial charge in [-0.15, -0.1) is 16.4 Å². The fraction of sp³-hybridized carbons (Fsp3) is 1.00. The second-order valence-corrected chi connectivity index (χ2v) is 9.57. The Balaban J connectivity index is 2.55. The topological polar surface area (TPSA) is 104 Å². The monoisotopic (exact) mass is 373 g/mol. The molecular formula is C8H15ClF3N3O4S2. The van der Waals surface area contributed by atoms with E-state index in [0.29, 0.717) is 0 Å². The lowest BCUT2D eigenvalue weighted by molar-refractivity contribution is -0.179. The van der Waals surface area contributed by atoms with Crippen molar-refractivity contribution in [2.45, 2.75) is 24.1 Å². The molecule has 0 aromatic carbocycles. The number of piperidine rings is 1. The molecule has 3 N–H and O–H groups in total. The van der Waals surface area contributed by atoms with Crippen LogP contribution in [-0.4, -0.2) is 52.4 Å². The highest BCUT2D eigenvalue weighted by Gasteiger charge is 2.44. The van der Waals surface area contributed by atoms with Gasteiger partial charge in [0.2, 0.25) is 10.0 Å². The number of alkyl halides is 4. The third-order valence-electron chi connectivity index (χ3n) is 2.66. The molecule has 1 fully saturated rings. The Kier molecular flexibility index (Phi) is 5.89. The highest BCUT2D eigenvalue weighted by Crippen LogP contribution is 2.33. The lowest BCUT2D eigenvalue weighted by Gasteiger charge is -2.35. The van der Waals surface area contributed by atoms with Crippen molar-refractivity contribution in [2.24, 2.45) is 5.92 Å². The van der Waals surface area contributed by atoms with Gasteiger partial charge >= 0.3 is 6.18 Å². The van der Waals surface area contributed by atoms with E-state index in [1.165, 1.54) is 0 Å². The average molecular weight is 374 g/mol. The van der Waals surface area contributed by atoms with Crippen molar-refractivity contribution >= 4 is 31.5 Å². The molecule has 0 aromatic heterocycles. The van der Waals surface area contributed by atoms with Crippen LogP contribution in [0.2, 0.25) is 0 Å². The summed E-state index contributed by atoms with van der Waals surface area (Å²) in [5.41, 5.74) is 2.19. The summed E-state index contributed by atoms with van der Waals surface area (Å²) in [4.78, 5) is 1.78. The third-order valence-corrected chi connectivity index (χ3v) is 6.47. The minimum Gasteiger partial charge on any atom is -0.299 e. The van der Waals surface area contributed by atoms with Crippen molar-refractivity contribution in [3.63, 3.8) is 0 Å². The zero-order valence-corrected chi connectivity index (χ0v) is 13.2. The van der Waals surface area contributed by atoms with Crippen molar-refractivity contribution in [3.05, 3.63) is 0 Å². The lowest BCUT2D eigenvalue weighted by atomic mass is 9.97. The van der Waals surface area contributed by atoms with E-state index in [1.54, 1.807) is 4.83 Å². The summed E-state index contributed by atoms with van der Waals surface area (Å²) in [7, 11) is -7.94. The molecule has 0 aliphatic carbocycles. The predicted molar refractivity (Wildman–Crippen MR) is 70.5 cm³/mol. The van der Waals surface area contributed by atoms with Gasteiger partial charge in [0.25, 0.3) is 0 Å². The third kappa shape index (κ3) is 6.65. The SMILES string of the molecule is CS(=O)(=O)CS(=O)(=O)NNC1NCC(C(F)(F)F)CC1Cl. The van der Waals surface area contributed by atoms with Gasteiger partial charge in [0.05, 0.1) is 17.5 Å². The summed E-state index contributed by atoms with van der Waals surface area (Å²) in [6.07, 6.45) is -4.98. The second-order valence-electron chi connectivity index (χ2n) is 4.78. The number of halogens is 4. The van der Waals surface area contributed by atoms with E-state index >= 15 is 0 Å². The van der Waals surface area contributed by atoms with Crippen LogP contribution >= 0.6 is 11.6 Å². The van der Waals surface area contributed by atoms with Crippen LogP contribution in [0.15, 0.2) is 0 Å². The highest BCUT2D eigenvalue weighted by atomic mass is 35.5. The number of rotatable bonds is 5. The first-order valence-corrected chi connectivity index (χ1v) is 9.82. The van der Waals surface area contributed by atoms with Gasteiger partial charge < -0.3 is 0 Å². The van der Waals surface area contributed by atoms with Gasteiger partial charge in [-0.2, -0.15) is 13.2 Å². The Hall–Kier alpha value is -0.140. The maximum Gasteiger partial charge on any atom is 0.393 e. The van der Waals surface area contributed by atoms with Gasteiger partial charge in [0.1, 0.15) is 0 Å². The Labute approximate surface area is 125 Å². The second kappa shape index (κ2) is 6.54. The Bertz CT molecular complexity index is 566. The van der Waals surface area contributed by atoms with Crippen LogP contribution in [0.1, 0.15) is 6.42 Å². The van der Waals surface area contributed by atoms with E-state index in [1.807, 2.05) is 0 Å². The number of hydrazine groups is 1. The molecule has 0 spiro atoms. The molecule has 126 valence electrons. The average Bonchev–Trinajstić information content (AvgIpc) is 2.22. The predicted octanol–water partition coefficient (Wildman–Crippen LogP) is -0.482. The standard InChI is InChI=1S/C8H15ClF3N3O4S2/c1-20(16,17)4-21(18,19)15-14-7-6(9)2-5(3-13-7)8(10,11)12/h5-7,13-15H,2-4H2,1H3. The Morgan fingerprint density at radius 1 is 1.29 bits per heavy atom. The first-order valence-electron chi connectivity index (χ1n) is 5.67. The van der Waals surface area contributed by atoms with Crippen molar-refractivity contribution in [2.75, 3.05) is 17.9 Å². The number of sulfone groups is 1. The summed E-state index contributed by atoms with van der Waals surface area (Å²) >= 11 is 5.77. The fourth-order valence-corrected chi connectivity index (χ4v) is 4.91. The molecule has 1 aliphatic heterocycles. The summed E-state index contributed by atoms with van der Waals surface area (Å²) < 4.78 is 82.2. The van der Waals surface area contributed by atoms with Crippen LogP contribution in [0.3, 0.4) is 0 Å². The number of hydrogen-bond acceptors (Lipinski definition) is 6. The molecule has 0 bridgehead atoms. The summed E-state index contributed by atoms with van der Waals surface area (Å²) in [6.45, 7) is -0.418. The van der Waals surface area contributed by atoms with Gasteiger partial charge in [0.15, 0.2) is 14.9 Å². The Morgan fingerprint density at radius 3 is 2.29 bits per heavy atom. The number of hydrogen-bond donors (Lipinski definition) is 3. The molecule has 13 heteroatoms. The maximum absolute atomic E-state index is 12.5. The molecule has 7 nitrogen and oxygen atoms in total. The van der Waals surface area contributed by atoms with Gasteiger partial charge in [-0.25, -0.2) is 22.3 Å². The lowest BCUT2D eigenvalue weighted by Crippen LogP contribution is -2.61. The zero-order valence-electron chi connectivity index (χ0n) is 10.8. The zero-order chi connectivity index (χ0) is 16.5. The van der Waals surface area contributed by atoms with E-state index in [4.69, 9.17) is 11.6 Å².